The molecule has 2 aromatic rings. The van der Waals surface area contributed by atoms with E-state index in [0.29, 0.717) is 6.04 Å². The number of aromatic nitrogens is 1. The smallest absolute Gasteiger partial charge is 0.127 e. The summed E-state index contributed by atoms with van der Waals surface area (Å²) < 4.78 is 5.32. The molecule has 18 heavy (non-hydrogen) atoms. The number of nitrogens with one attached hydrogen (secondary N) is 2. The summed E-state index contributed by atoms with van der Waals surface area (Å²) in [4.78, 5) is 4.19. The van der Waals surface area contributed by atoms with Crippen LogP contribution >= 0.6 is 0 Å². The molecule has 0 saturated heterocycles. The maximum atomic E-state index is 5.32. The second kappa shape index (κ2) is 6.10. The van der Waals surface area contributed by atoms with Crippen molar-refractivity contribution in [2.45, 2.75) is 25.8 Å². The predicted octanol–water partition coefficient (Wildman–Crippen LogP) is 3.15. The standard InChI is InChI=1S/C14H19N3O/c1-11(5-6-13-4-3-9-18-13)17-12-7-8-16-14(10-12)15-2/h3-4,7-11H,5-6H2,1-2H3,(H2,15,16,17). The Morgan fingerprint density at radius 3 is 3.00 bits per heavy atom. The van der Waals surface area contributed by atoms with Crippen molar-refractivity contribution in [2.75, 3.05) is 17.7 Å². The van der Waals surface area contributed by atoms with Crippen LogP contribution in [0.1, 0.15) is 19.1 Å². The first-order valence-corrected chi connectivity index (χ1v) is 6.20. The summed E-state index contributed by atoms with van der Waals surface area (Å²) in [5, 5.41) is 6.49. The van der Waals surface area contributed by atoms with E-state index in [1.807, 2.05) is 31.3 Å². The molecule has 0 aliphatic heterocycles. The summed E-state index contributed by atoms with van der Waals surface area (Å²) in [6.45, 7) is 2.17. The quantitative estimate of drug-likeness (QED) is 0.820. The molecule has 0 aliphatic rings. The van der Waals surface area contributed by atoms with Crippen LogP contribution in [0.25, 0.3) is 0 Å². The van der Waals surface area contributed by atoms with Gasteiger partial charge >= 0.3 is 0 Å². The highest BCUT2D eigenvalue weighted by Crippen LogP contribution is 2.14. The van der Waals surface area contributed by atoms with E-state index in [9.17, 15) is 0 Å². The first-order valence-electron chi connectivity index (χ1n) is 6.20. The van der Waals surface area contributed by atoms with E-state index in [4.69, 9.17) is 4.42 Å². The monoisotopic (exact) mass is 245 g/mol. The zero-order valence-corrected chi connectivity index (χ0v) is 10.8. The first-order chi connectivity index (χ1) is 8.78. The van der Waals surface area contributed by atoms with Crippen molar-refractivity contribution in [1.29, 1.82) is 0 Å². The molecule has 4 nitrogen and oxygen atoms in total. The van der Waals surface area contributed by atoms with Gasteiger partial charge in [0.15, 0.2) is 0 Å². The SMILES string of the molecule is CNc1cc(NC(C)CCc2ccco2)ccn1. The molecule has 2 aromatic heterocycles. The second-order valence-electron chi connectivity index (χ2n) is 4.34. The van der Waals surface area contributed by atoms with E-state index in [2.05, 4.69) is 22.5 Å². The lowest BCUT2D eigenvalue weighted by atomic mass is 10.1. The van der Waals surface area contributed by atoms with Gasteiger partial charge in [0.25, 0.3) is 0 Å². The molecule has 0 radical (unpaired) electrons. The fourth-order valence-corrected chi connectivity index (χ4v) is 1.83. The molecule has 0 fully saturated rings. The topological polar surface area (TPSA) is 50.1 Å². The van der Waals surface area contributed by atoms with Crippen LogP contribution in [-0.4, -0.2) is 18.1 Å². The van der Waals surface area contributed by atoms with Gasteiger partial charge in [-0.15, -0.1) is 0 Å². The van der Waals surface area contributed by atoms with Gasteiger partial charge in [-0.3, -0.25) is 0 Å². The second-order valence-corrected chi connectivity index (χ2v) is 4.34. The summed E-state index contributed by atoms with van der Waals surface area (Å²) in [5.74, 6) is 1.91. The van der Waals surface area contributed by atoms with Crippen LogP contribution in [0.5, 0.6) is 0 Å². The van der Waals surface area contributed by atoms with Crippen LogP contribution in [0.2, 0.25) is 0 Å². The Balaban J connectivity index is 1.84. The molecular formula is C14H19N3O. The normalized spacial score (nSPS) is 12.1. The predicted molar refractivity (Wildman–Crippen MR) is 73.9 cm³/mol. The fraction of sp³-hybridized carbons (Fsp3) is 0.357. The van der Waals surface area contributed by atoms with Gasteiger partial charge in [0.1, 0.15) is 11.6 Å². The van der Waals surface area contributed by atoms with E-state index in [1.54, 1.807) is 12.5 Å². The average Bonchev–Trinajstić information content (AvgIpc) is 2.90. The van der Waals surface area contributed by atoms with Gasteiger partial charge in [-0.25, -0.2) is 4.98 Å². The molecule has 4 heteroatoms. The van der Waals surface area contributed by atoms with Gasteiger partial charge in [0.05, 0.1) is 6.26 Å². The van der Waals surface area contributed by atoms with E-state index >= 15 is 0 Å². The van der Waals surface area contributed by atoms with Crippen molar-refractivity contribution in [3.05, 3.63) is 42.5 Å². The lowest BCUT2D eigenvalue weighted by Crippen LogP contribution is -2.16. The third-order valence-corrected chi connectivity index (χ3v) is 2.83. The maximum Gasteiger partial charge on any atom is 0.127 e. The Morgan fingerprint density at radius 2 is 2.28 bits per heavy atom. The van der Waals surface area contributed by atoms with Crippen molar-refractivity contribution in [2.24, 2.45) is 0 Å². The summed E-state index contributed by atoms with van der Waals surface area (Å²) in [7, 11) is 1.87. The average molecular weight is 245 g/mol. The molecule has 2 N–H and O–H groups in total. The Bertz CT molecular complexity index is 468. The lowest BCUT2D eigenvalue weighted by molar-refractivity contribution is 0.495. The summed E-state index contributed by atoms with van der Waals surface area (Å²) in [6, 6.07) is 8.31. The first kappa shape index (κ1) is 12.5. The summed E-state index contributed by atoms with van der Waals surface area (Å²) >= 11 is 0. The van der Waals surface area contributed by atoms with Crippen LogP contribution < -0.4 is 10.6 Å². The number of pyridine rings is 1. The van der Waals surface area contributed by atoms with Crippen LogP contribution in [0.4, 0.5) is 11.5 Å². The molecule has 96 valence electrons. The molecule has 1 unspecified atom stereocenters. The van der Waals surface area contributed by atoms with Crippen molar-refractivity contribution in [3.8, 4) is 0 Å². The van der Waals surface area contributed by atoms with E-state index in [1.165, 1.54) is 0 Å². The van der Waals surface area contributed by atoms with Gasteiger partial charge in [0.2, 0.25) is 0 Å². The number of furan rings is 1. The van der Waals surface area contributed by atoms with E-state index in [-0.39, 0.29) is 0 Å². The zero-order chi connectivity index (χ0) is 12.8. The highest BCUT2D eigenvalue weighted by atomic mass is 16.3. The number of rotatable bonds is 6. The molecule has 1 atom stereocenters. The third-order valence-electron chi connectivity index (χ3n) is 2.83. The van der Waals surface area contributed by atoms with Gasteiger partial charge in [0, 0.05) is 37.5 Å². The van der Waals surface area contributed by atoms with Crippen molar-refractivity contribution in [3.63, 3.8) is 0 Å². The number of aryl methyl sites for hydroxylation is 1. The highest BCUT2D eigenvalue weighted by Gasteiger charge is 2.04. The zero-order valence-electron chi connectivity index (χ0n) is 10.8. The molecule has 0 aromatic carbocycles. The molecule has 2 heterocycles. The minimum atomic E-state index is 0.391. The molecule has 0 aliphatic carbocycles. The molecule has 0 amide bonds. The molecule has 0 spiro atoms. The summed E-state index contributed by atoms with van der Waals surface area (Å²) in [5.41, 5.74) is 1.08. The van der Waals surface area contributed by atoms with E-state index < -0.39 is 0 Å². The number of hydrogen-bond donors (Lipinski definition) is 2. The molecule has 0 saturated carbocycles. The van der Waals surface area contributed by atoms with Gasteiger partial charge in [-0.05, 0) is 31.5 Å². The largest absolute Gasteiger partial charge is 0.469 e. The minimum Gasteiger partial charge on any atom is -0.469 e. The number of hydrogen-bond acceptors (Lipinski definition) is 4. The Morgan fingerprint density at radius 1 is 1.39 bits per heavy atom. The Labute approximate surface area is 107 Å². The van der Waals surface area contributed by atoms with Gasteiger partial charge in [-0.2, -0.15) is 0 Å². The Kier molecular flexibility index (Phi) is 4.23. The number of anilines is 2. The van der Waals surface area contributed by atoms with Crippen LogP contribution in [-0.2, 0) is 6.42 Å². The van der Waals surface area contributed by atoms with Gasteiger partial charge < -0.3 is 15.1 Å². The maximum absolute atomic E-state index is 5.32. The van der Waals surface area contributed by atoms with Crippen LogP contribution in [0.15, 0.2) is 41.1 Å². The molecule has 2 rings (SSSR count). The van der Waals surface area contributed by atoms with Crippen LogP contribution in [0.3, 0.4) is 0 Å². The third kappa shape index (κ3) is 3.52. The van der Waals surface area contributed by atoms with Crippen molar-refractivity contribution >= 4 is 11.5 Å². The number of nitrogens with zero attached hydrogens (tertiary/aromatic N) is 1. The molecule has 0 bridgehead atoms. The Hall–Kier alpha value is -1.97. The fourth-order valence-electron chi connectivity index (χ4n) is 1.83. The van der Waals surface area contributed by atoms with Gasteiger partial charge in [-0.1, -0.05) is 0 Å². The summed E-state index contributed by atoms with van der Waals surface area (Å²) in [6.07, 6.45) is 5.50. The van der Waals surface area contributed by atoms with Crippen molar-refractivity contribution < 1.29 is 4.42 Å². The lowest BCUT2D eigenvalue weighted by Gasteiger charge is -2.15. The highest BCUT2D eigenvalue weighted by molar-refractivity contribution is 5.51. The van der Waals surface area contributed by atoms with E-state index in [0.717, 1.165) is 30.1 Å². The minimum absolute atomic E-state index is 0.391. The molecular weight excluding hydrogens is 226 g/mol. The van der Waals surface area contributed by atoms with Crippen LogP contribution in [0, 0.1) is 0 Å². The van der Waals surface area contributed by atoms with Crippen molar-refractivity contribution in [1.82, 2.24) is 4.98 Å².